The SMILES string of the molecule is OCCc1nc2cccc(Cl)c2nc1-c1cc(F)ccc1Cl. The highest BCUT2D eigenvalue weighted by Gasteiger charge is 2.15. The summed E-state index contributed by atoms with van der Waals surface area (Å²) in [7, 11) is 0. The third-order valence-corrected chi connectivity index (χ3v) is 3.88. The molecule has 0 unspecified atom stereocenters. The molecule has 0 fully saturated rings. The number of nitrogens with zero attached hydrogens (tertiary/aromatic N) is 2. The molecule has 112 valence electrons. The van der Waals surface area contributed by atoms with Crippen LogP contribution in [0.3, 0.4) is 0 Å². The van der Waals surface area contributed by atoms with Crippen LogP contribution >= 0.6 is 23.2 Å². The summed E-state index contributed by atoms with van der Waals surface area (Å²) in [6.07, 6.45) is 0.289. The average Bonchev–Trinajstić information content (AvgIpc) is 2.50. The van der Waals surface area contributed by atoms with Gasteiger partial charge in [0.25, 0.3) is 0 Å². The number of para-hydroxylation sites is 1. The van der Waals surface area contributed by atoms with Gasteiger partial charge >= 0.3 is 0 Å². The number of benzene rings is 2. The predicted molar refractivity (Wildman–Crippen MR) is 85.7 cm³/mol. The van der Waals surface area contributed by atoms with Gasteiger partial charge in [-0.2, -0.15) is 0 Å². The first-order chi connectivity index (χ1) is 10.6. The first kappa shape index (κ1) is 15.2. The standard InChI is InChI=1S/C16H11Cl2FN2O/c17-11-5-4-9(19)8-10(11)15-14(6-7-22)20-13-3-1-2-12(18)16(13)21-15/h1-5,8,22H,6-7H2. The van der Waals surface area contributed by atoms with Gasteiger partial charge in [0.2, 0.25) is 0 Å². The van der Waals surface area contributed by atoms with E-state index in [2.05, 4.69) is 9.97 Å². The van der Waals surface area contributed by atoms with E-state index in [0.717, 1.165) is 0 Å². The second kappa shape index (κ2) is 6.16. The fourth-order valence-electron chi connectivity index (χ4n) is 2.25. The highest BCUT2D eigenvalue weighted by molar-refractivity contribution is 6.35. The van der Waals surface area contributed by atoms with E-state index in [1.807, 2.05) is 0 Å². The van der Waals surface area contributed by atoms with Gasteiger partial charge in [0.05, 0.1) is 26.9 Å². The fraction of sp³-hybridized carbons (Fsp3) is 0.125. The van der Waals surface area contributed by atoms with Gasteiger partial charge in [0.1, 0.15) is 11.3 Å². The second-order valence-electron chi connectivity index (χ2n) is 4.72. The van der Waals surface area contributed by atoms with E-state index in [4.69, 9.17) is 23.2 Å². The minimum atomic E-state index is -0.421. The number of aliphatic hydroxyl groups is 1. The summed E-state index contributed by atoms with van der Waals surface area (Å²) in [5.41, 5.74) is 2.54. The van der Waals surface area contributed by atoms with Gasteiger partial charge in [-0.3, -0.25) is 0 Å². The Morgan fingerprint density at radius 3 is 2.64 bits per heavy atom. The molecule has 0 aliphatic heterocycles. The molecule has 1 aromatic heterocycles. The third kappa shape index (κ3) is 2.77. The molecule has 3 nitrogen and oxygen atoms in total. The molecule has 3 aromatic rings. The van der Waals surface area contributed by atoms with Crippen molar-refractivity contribution in [2.24, 2.45) is 0 Å². The van der Waals surface area contributed by atoms with Crippen LogP contribution in [-0.2, 0) is 6.42 Å². The monoisotopic (exact) mass is 336 g/mol. The van der Waals surface area contributed by atoms with E-state index in [-0.39, 0.29) is 13.0 Å². The lowest BCUT2D eigenvalue weighted by molar-refractivity contribution is 0.298. The van der Waals surface area contributed by atoms with Gasteiger partial charge < -0.3 is 5.11 Å². The summed E-state index contributed by atoms with van der Waals surface area (Å²) in [4.78, 5) is 8.99. The zero-order valence-corrected chi connectivity index (χ0v) is 12.9. The smallest absolute Gasteiger partial charge is 0.123 e. The zero-order valence-electron chi connectivity index (χ0n) is 11.4. The van der Waals surface area contributed by atoms with E-state index in [1.54, 1.807) is 18.2 Å². The maximum Gasteiger partial charge on any atom is 0.123 e. The van der Waals surface area contributed by atoms with Gasteiger partial charge in [-0.25, -0.2) is 14.4 Å². The maximum absolute atomic E-state index is 13.6. The van der Waals surface area contributed by atoms with E-state index in [9.17, 15) is 9.50 Å². The van der Waals surface area contributed by atoms with Crippen molar-refractivity contribution in [3.8, 4) is 11.3 Å². The van der Waals surface area contributed by atoms with Crippen molar-refractivity contribution in [2.75, 3.05) is 6.61 Å². The minimum Gasteiger partial charge on any atom is -0.396 e. The molecule has 0 spiro atoms. The molecule has 22 heavy (non-hydrogen) atoms. The summed E-state index contributed by atoms with van der Waals surface area (Å²) in [5.74, 6) is -0.421. The summed E-state index contributed by atoms with van der Waals surface area (Å²) in [6.45, 7) is -0.0965. The topological polar surface area (TPSA) is 46.0 Å². The Morgan fingerprint density at radius 1 is 1.05 bits per heavy atom. The molecule has 0 saturated heterocycles. The summed E-state index contributed by atoms with van der Waals surface area (Å²) in [5, 5.41) is 10.1. The first-order valence-electron chi connectivity index (χ1n) is 6.61. The largest absolute Gasteiger partial charge is 0.396 e. The molecule has 1 heterocycles. The van der Waals surface area contributed by atoms with Gasteiger partial charge in [0.15, 0.2) is 0 Å². The van der Waals surface area contributed by atoms with Crippen LogP contribution in [0, 0.1) is 5.82 Å². The van der Waals surface area contributed by atoms with E-state index < -0.39 is 5.82 Å². The molecule has 0 aliphatic carbocycles. The van der Waals surface area contributed by atoms with Crippen molar-refractivity contribution in [2.45, 2.75) is 6.42 Å². The van der Waals surface area contributed by atoms with Crippen molar-refractivity contribution in [1.82, 2.24) is 9.97 Å². The van der Waals surface area contributed by atoms with E-state index in [1.165, 1.54) is 18.2 Å². The Bertz CT molecular complexity index is 855. The minimum absolute atomic E-state index is 0.0965. The van der Waals surface area contributed by atoms with Crippen LogP contribution in [0.15, 0.2) is 36.4 Å². The first-order valence-corrected chi connectivity index (χ1v) is 7.37. The summed E-state index contributed by atoms with van der Waals surface area (Å²) in [6, 6.07) is 9.31. The number of fused-ring (bicyclic) bond motifs is 1. The number of hydrogen-bond donors (Lipinski definition) is 1. The number of rotatable bonds is 3. The lowest BCUT2D eigenvalue weighted by Gasteiger charge is -2.11. The van der Waals surface area contributed by atoms with Crippen LogP contribution in [0.25, 0.3) is 22.3 Å². The van der Waals surface area contributed by atoms with Crippen molar-refractivity contribution < 1.29 is 9.50 Å². The van der Waals surface area contributed by atoms with Crippen LogP contribution in [-0.4, -0.2) is 21.7 Å². The molecular weight excluding hydrogens is 326 g/mol. The molecule has 2 aromatic carbocycles. The summed E-state index contributed by atoms with van der Waals surface area (Å²) < 4.78 is 13.6. The number of aromatic nitrogens is 2. The number of hydrogen-bond acceptors (Lipinski definition) is 3. The van der Waals surface area contributed by atoms with Crippen LogP contribution in [0.2, 0.25) is 10.0 Å². The molecule has 0 bridgehead atoms. The second-order valence-corrected chi connectivity index (χ2v) is 5.54. The number of halogens is 3. The highest BCUT2D eigenvalue weighted by Crippen LogP contribution is 2.32. The Labute approximate surface area is 136 Å². The third-order valence-electron chi connectivity index (χ3n) is 3.25. The summed E-state index contributed by atoms with van der Waals surface area (Å²) >= 11 is 12.3. The predicted octanol–water partition coefficient (Wildman–Crippen LogP) is 4.28. The van der Waals surface area contributed by atoms with Crippen molar-refractivity contribution in [3.05, 3.63) is 58.0 Å². The van der Waals surface area contributed by atoms with Crippen LogP contribution in [0.5, 0.6) is 0 Å². The molecule has 1 N–H and O–H groups in total. The molecule has 6 heteroatoms. The van der Waals surface area contributed by atoms with Gasteiger partial charge in [0, 0.05) is 18.6 Å². The number of aliphatic hydroxyl groups excluding tert-OH is 1. The Hall–Kier alpha value is -1.75. The molecule has 0 aliphatic rings. The Balaban J connectivity index is 2.32. The normalized spacial score (nSPS) is 11.1. The van der Waals surface area contributed by atoms with Crippen molar-refractivity contribution >= 4 is 34.2 Å². The maximum atomic E-state index is 13.6. The van der Waals surface area contributed by atoms with Crippen molar-refractivity contribution in [1.29, 1.82) is 0 Å². The van der Waals surface area contributed by atoms with Crippen molar-refractivity contribution in [3.63, 3.8) is 0 Å². The molecule has 3 rings (SSSR count). The van der Waals surface area contributed by atoms with E-state index >= 15 is 0 Å². The van der Waals surface area contributed by atoms with Crippen LogP contribution in [0.1, 0.15) is 5.69 Å². The average molecular weight is 337 g/mol. The lowest BCUT2D eigenvalue weighted by atomic mass is 10.1. The quantitative estimate of drug-likeness (QED) is 0.776. The Kier molecular flexibility index (Phi) is 4.25. The van der Waals surface area contributed by atoms with Crippen LogP contribution in [0.4, 0.5) is 4.39 Å². The highest BCUT2D eigenvalue weighted by atomic mass is 35.5. The van der Waals surface area contributed by atoms with Gasteiger partial charge in [-0.05, 0) is 30.3 Å². The van der Waals surface area contributed by atoms with Crippen LogP contribution < -0.4 is 0 Å². The fourth-order valence-corrected chi connectivity index (χ4v) is 2.67. The molecule has 0 saturated carbocycles. The van der Waals surface area contributed by atoms with Gasteiger partial charge in [-0.15, -0.1) is 0 Å². The lowest BCUT2D eigenvalue weighted by Crippen LogP contribution is -2.02. The molecule has 0 atom stereocenters. The molecule has 0 amide bonds. The van der Waals surface area contributed by atoms with Gasteiger partial charge in [-0.1, -0.05) is 29.3 Å². The van der Waals surface area contributed by atoms with E-state index in [0.29, 0.717) is 38.0 Å². The molecule has 0 radical (unpaired) electrons. The zero-order chi connectivity index (χ0) is 15.7. The Morgan fingerprint density at radius 2 is 1.86 bits per heavy atom. The molecular formula is C16H11Cl2FN2O.